The molecule has 2 N–H and O–H groups in total. The van der Waals surface area contributed by atoms with Crippen LogP contribution in [0.1, 0.15) is 5.69 Å². The average Bonchev–Trinajstić information content (AvgIpc) is 2.79. The van der Waals surface area contributed by atoms with Crippen LogP contribution in [0.4, 0.5) is 5.82 Å². The smallest absolute Gasteiger partial charge is 0.151 e. The van der Waals surface area contributed by atoms with E-state index < -0.39 is 0 Å². The highest BCUT2D eigenvalue weighted by Crippen LogP contribution is 2.30. The van der Waals surface area contributed by atoms with Crippen LogP contribution >= 0.6 is 23.1 Å². The zero-order valence-corrected chi connectivity index (χ0v) is 11.2. The van der Waals surface area contributed by atoms with Crippen LogP contribution in [-0.4, -0.2) is 9.97 Å². The molecule has 0 unspecified atom stereocenters. The molecule has 2 heterocycles. The van der Waals surface area contributed by atoms with Crippen LogP contribution in [-0.2, 0) is 5.75 Å². The van der Waals surface area contributed by atoms with E-state index in [0.29, 0.717) is 5.82 Å². The van der Waals surface area contributed by atoms with Gasteiger partial charge in [0.1, 0.15) is 5.82 Å². The molecular formula is C13H11N3S2. The molecule has 1 aromatic carbocycles. The van der Waals surface area contributed by atoms with Gasteiger partial charge >= 0.3 is 0 Å². The molecule has 0 aliphatic rings. The molecule has 3 rings (SSSR count). The van der Waals surface area contributed by atoms with Crippen molar-refractivity contribution in [1.82, 2.24) is 9.97 Å². The van der Waals surface area contributed by atoms with Gasteiger partial charge in [0.25, 0.3) is 0 Å². The molecule has 0 aliphatic carbocycles. The average molecular weight is 273 g/mol. The van der Waals surface area contributed by atoms with E-state index in [1.54, 1.807) is 29.2 Å². The van der Waals surface area contributed by atoms with E-state index in [-0.39, 0.29) is 0 Å². The molecular weight excluding hydrogens is 262 g/mol. The second-order valence-electron chi connectivity index (χ2n) is 3.79. The van der Waals surface area contributed by atoms with Gasteiger partial charge in [-0.2, -0.15) is 0 Å². The van der Waals surface area contributed by atoms with Gasteiger partial charge in [-0.3, -0.25) is 0 Å². The lowest BCUT2D eigenvalue weighted by Crippen LogP contribution is -1.93. The number of aromatic nitrogens is 2. The minimum Gasteiger partial charge on any atom is -0.384 e. The van der Waals surface area contributed by atoms with Gasteiger partial charge in [0.05, 0.1) is 15.9 Å². The predicted octanol–water partition coefficient (Wildman–Crippen LogP) is 3.57. The summed E-state index contributed by atoms with van der Waals surface area (Å²) in [6, 6.07) is 13.9. The summed E-state index contributed by atoms with van der Waals surface area (Å²) in [7, 11) is 0. The van der Waals surface area contributed by atoms with Gasteiger partial charge in [-0.1, -0.05) is 30.0 Å². The summed E-state index contributed by atoms with van der Waals surface area (Å²) in [6.45, 7) is 0. The maximum Gasteiger partial charge on any atom is 0.151 e. The van der Waals surface area contributed by atoms with Crippen LogP contribution < -0.4 is 5.73 Å². The molecule has 2 aromatic heterocycles. The Bertz CT molecular complexity index is 646. The maximum atomic E-state index is 5.66. The topological polar surface area (TPSA) is 51.8 Å². The van der Waals surface area contributed by atoms with Gasteiger partial charge < -0.3 is 5.73 Å². The van der Waals surface area contributed by atoms with Gasteiger partial charge in [-0.05, 0) is 24.3 Å². The maximum absolute atomic E-state index is 5.66. The van der Waals surface area contributed by atoms with E-state index in [0.717, 1.165) is 21.3 Å². The van der Waals surface area contributed by atoms with Crippen molar-refractivity contribution in [3.05, 3.63) is 48.2 Å². The van der Waals surface area contributed by atoms with Crippen LogP contribution in [0.3, 0.4) is 0 Å². The number of nitrogens with two attached hydrogens (primary N) is 1. The van der Waals surface area contributed by atoms with E-state index in [1.165, 1.54) is 4.70 Å². The fraction of sp³-hybridized carbons (Fsp3) is 0.0769. The van der Waals surface area contributed by atoms with Crippen LogP contribution in [0, 0.1) is 0 Å². The van der Waals surface area contributed by atoms with Gasteiger partial charge in [-0.25, -0.2) is 9.97 Å². The molecule has 5 heteroatoms. The number of thiazole rings is 1. The van der Waals surface area contributed by atoms with Crippen LogP contribution in [0.15, 0.2) is 46.8 Å². The third-order valence-electron chi connectivity index (χ3n) is 2.45. The lowest BCUT2D eigenvalue weighted by molar-refractivity contribution is 1.18. The largest absolute Gasteiger partial charge is 0.384 e. The van der Waals surface area contributed by atoms with Crippen molar-refractivity contribution in [2.45, 2.75) is 10.1 Å². The fourth-order valence-corrected chi connectivity index (χ4v) is 3.60. The van der Waals surface area contributed by atoms with Crippen molar-refractivity contribution < 1.29 is 0 Å². The number of anilines is 1. The normalized spacial score (nSPS) is 10.9. The first-order valence-corrected chi connectivity index (χ1v) is 7.31. The Balaban J connectivity index is 1.76. The van der Waals surface area contributed by atoms with E-state index in [2.05, 4.69) is 16.0 Å². The number of para-hydroxylation sites is 1. The summed E-state index contributed by atoms with van der Waals surface area (Å²) in [5, 5.41) is 0. The number of nitrogen functional groups attached to an aromatic ring is 1. The predicted molar refractivity (Wildman–Crippen MR) is 77.8 cm³/mol. The molecule has 0 saturated carbocycles. The Labute approximate surface area is 113 Å². The Morgan fingerprint density at radius 3 is 2.78 bits per heavy atom. The molecule has 0 radical (unpaired) electrons. The minimum atomic E-state index is 0.567. The van der Waals surface area contributed by atoms with Gasteiger partial charge in [-0.15, -0.1) is 11.3 Å². The number of rotatable bonds is 3. The molecule has 0 saturated heterocycles. The highest BCUT2D eigenvalue weighted by molar-refractivity contribution is 8.00. The standard InChI is InChI=1S/C13H11N3S2/c14-12-7-3-4-9(15-12)8-17-13-16-10-5-1-2-6-11(10)18-13/h1-7H,8H2,(H2,14,15). The lowest BCUT2D eigenvalue weighted by atomic mass is 10.3. The van der Waals surface area contributed by atoms with Crippen molar-refractivity contribution >= 4 is 39.1 Å². The number of hydrogen-bond acceptors (Lipinski definition) is 5. The Morgan fingerprint density at radius 2 is 1.94 bits per heavy atom. The molecule has 18 heavy (non-hydrogen) atoms. The fourth-order valence-electron chi connectivity index (χ4n) is 1.63. The number of fused-ring (bicyclic) bond motifs is 1. The zero-order chi connectivity index (χ0) is 12.4. The van der Waals surface area contributed by atoms with Gasteiger partial charge in [0.15, 0.2) is 4.34 Å². The number of benzene rings is 1. The number of hydrogen-bond donors (Lipinski definition) is 1. The summed E-state index contributed by atoms with van der Waals surface area (Å²) in [6.07, 6.45) is 0. The second-order valence-corrected chi connectivity index (χ2v) is 6.04. The summed E-state index contributed by atoms with van der Waals surface area (Å²) in [5.41, 5.74) is 7.70. The molecule has 3 nitrogen and oxygen atoms in total. The SMILES string of the molecule is Nc1cccc(CSc2nc3ccccc3s2)n1. The quantitative estimate of drug-likeness (QED) is 0.741. The molecule has 0 aliphatic heterocycles. The van der Waals surface area contributed by atoms with Crippen LogP contribution in [0.25, 0.3) is 10.2 Å². The van der Waals surface area contributed by atoms with Gasteiger partial charge in [0.2, 0.25) is 0 Å². The van der Waals surface area contributed by atoms with Crippen molar-refractivity contribution in [3.8, 4) is 0 Å². The summed E-state index contributed by atoms with van der Waals surface area (Å²) in [5.74, 6) is 1.36. The van der Waals surface area contributed by atoms with Crippen LogP contribution in [0.5, 0.6) is 0 Å². The number of nitrogens with zero attached hydrogens (tertiary/aromatic N) is 2. The zero-order valence-electron chi connectivity index (χ0n) is 9.54. The van der Waals surface area contributed by atoms with E-state index >= 15 is 0 Å². The van der Waals surface area contributed by atoms with Crippen LogP contribution in [0.2, 0.25) is 0 Å². The summed E-state index contributed by atoms with van der Waals surface area (Å²) in [4.78, 5) is 8.85. The first kappa shape index (κ1) is 11.5. The van der Waals surface area contributed by atoms with E-state index in [1.807, 2.05) is 30.3 Å². The van der Waals surface area contributed by atoms with E-state index in [9.17, 15) is 0 Å². The highest BCUT2D eigenvalue weighted by Gasteiger charge is 2.04. The Morgan fingerprint density at radius 1 is 1.06 bits per heavy atom. The first-order valence-electron chi connectivity index (χ1n) is 5.51. The first-order chi connectivity index (χ1) is 8.81. The molecule has 0 atom stereocenters. The lowest BCUT2D eigenvalue weighted by Gasteiger charge is -1.98. The minimum absolute atomic E-state index is 0.567. The molecule has 0 bridgehead atoms. The number of thioether (sulfide) groups is 1. The summed E-state index contributed by atoms with van der Waals surface area (Å²) < 4.78 is 2.29. The number of pyridine rings is 1. The summed E-state index contributed by atoms with van der Waals surface area (Å²) >= 11 is 3.41. The van der Waals surface area contributed by atoms with Crippen molar-refractivity contribution in [1.29, 1.82) is 0 Å². The third kappa shape index (κ3) is 2.47. The van der Waals surface area contributed by atoms with Crippen molar-refractivity contribution in [2.75, 3.05) is 5.73 Å². The molecule has 0 spiro atoms. The highest BCUT2D eigenvalue weighted by atomic mass is 32.2. The Hall–Kier alpha value is -1.59. The molecule has 3 aromatic rings. The monoisotopic (exact) mass is 273 g/mol. The van der Waals surface area contributed by atoms with Gasteiger partial charge in [0, 0.05) is 5.75 Å². The Kier molecular flexibility index (Phi) is 3.17. The van der Waals surface area contributed by atoms with E-state index in [4.69, 9.17) is 5.73 Å². The third-order valence-corrected chi connectivity index (χ3v) is 4.66. The van der Waals surface area contributed by atoms with Crippen molar-refractivity contribution in [3.63, 3.8) is 0 Å². The molecule has 90 valence electrons. The van der Waals surface area contributed by atoms with Crippen molar-refractivity contribution in [2.24, 2.45) is 0 Å². The second kappa shape index (κ2) is 4.96. The molecule has 0 fully saturated rings. The molecule has 0 amide bonds.